The molecule has 3 heteroatoms. The smallest absolute Gasteiger partial charge is 0.119 e. The molecule has 2 aliphatic rings. The van der Waals surface area contributed by atoms with Crippen LogP contribution in [0.5, 0.6) is 5.75 Å². The van der Waals surface area contributed by atoms with Crippen molar-refractivity contribution in [2.75, 3.05) is 27.2 Å². The van der Waals surface area contributed by atoms with Gasteiger partial charge in [-0.05, 0) is 62.0 Å². The topological polar surface area (TPSA) is 24.5 Å². The summed E-state index contributed by atoms with van der Waals surface area (Å²) >= 11 is 0. The lowest BCUT2D eigenvalue weighted by molar-refractivity contribution is 0.122. The molecule has 2 atom stereocenters. The van der Waals surface area contributed by atoms with Crippen molar-refractivity contribution < 1.29 is 4.74 Å². The number of hydrogen-bond donors (Lipinski definition) is 1. The van der Waals surface area contributed by atoms with Crippen molar-refractivity contribution in [2.45, 2.75) is 44.7 Å². The normalized spacial score (nSPS) is 25.0. The lowest BCUT2D eigenvalue weighted by atomic mass is 9.84. The molecule has 1 aromatic carbocycles. The van der Waals surface area contributed by atoms with E-state index in [9.17, 15) is 0 Å². The van der Waals surface area contributed by atoms with Crippen molar-refractivity contribution in [1.29, 1.82) is 0 Å². The van der Waals surface area contributed by atoms with E-state index in [2.05, 4.69) is 42.4 Å². The number of nitrogens with one attached hydrogen (secondary N) is 1. The van der Waals surface area contributed by atoms with Gasteiger partial charge in [-0.15, -0.1) is 0 Å². The molecule has 3 rings (SSSR count). The number of rotatable bonds is 6. The van der Waals surface area contributed by atoms with Crippen LogP contribution in [0.1, 0.15) is 43.4 Å². The van der Waals surface area contributed by atoms with Crippen molar-refractivity contribution in [1.82, 2.24) is 10.2 Å². The van der Waals surface area contributed by atoms with Gasteiger partial charge in [-0.2, -0.15) is 0 Å². The molecule has 0 amide bonds. The Hall–Kier alpha value is -1.06. The molecule has 0 radical (unpaired) electrons. The molecule has 1 N–H and O–H groups in total. The van der Waals surface area contributed by atoms with Crippen molar-refractivity contribution >= 4 is 0 Å². The van der Waals surface area contributed by atoms with Gasteiger partial charge in [0.25, 0.3) is 0 Å². The zero-order chi connectivity index (χ0) is 14.8. The molecule has 21 heavy (non-hydrogen) atoms. The minimum Gasteiger partial charge on any atom is -0.497 e. The molecular weight excluding hydrogens is 260 g/mol. The molecule has 1 fully saturated rings. The minimum atomic E-state index is 0.426. The zero-order valence-electron chi connectivity index (χ0n) is 13.6. The maximum absolute atomic E-state index is 5.40. The van der Waals surface area contributed by atoms with Gasteiger partial charge < -0.3 is 10.1 Å². The van der Waals surface area contributed by atoms with Crippen LogP contribution in [0.25, 0.3) is 0 Å². The number of methoxy groups -OCH3 is 1. The van der Waals surface area contributed by atoms with Crippen LogP contribution in [0, 0.1) is 5.92 Å². The van der Waals surface area contributed by atoms with E-state index in [4.69, 9.17) is 4.74 Å². The van der Waals surface area contributed by atoms with Gasteiger partial charge in [0.15, 0.2) is 0 Å². The Morgan fingerprint density at radius 3 is 2.71 bits per heavy atom. The number of hydrogen-bond acceptors (Lipinski definition) is 3. The van der Waals surface area contributed by atoms with E-state index in [0.29, 0.717) is 12.1 Å². The van der Waals surface area contributed by atoms with Gasteiger partial charge >= 0.3 is 0 Å². The molecular formula is C18H28N2O. The second kappa shape index (κ2) is 6.37. The zero-order valence-corrected chi connectivity index (χ0v) is 13.6. The van der Waals surface area contributed by atoms with Gasteiger partial charge in [0.1, 0.15) is 5.75 Å². The Balaban J connectivity index is 1.79. The number of likely N-dealkylation sites (N-methyl/N-ethyl adjacent to an activating group) is 2. The van der Waals surface area contributed by atoms with E-state index in [-0.39, 0.29) is 0 Å². The maximum Gasteiger partial charge on any atom is 0.119 e. The highest BCUT2D eigenvalue weighted by Crippen LogP contribution is 2.38. The Bertz CT molecular complexity index is 484. The second-order valence-corrected chi connectivity index (χ2v) is 6.49. The molecule has 0 heterocycles. The fourth-order valence-corrected chi connectivity index (χ4v) is 3.92. The highest BCUT2D eigenvalue weighted by atomic mass is 16.5. The second-order valence-electron chi connectivity index (χ2n) is 6.49. The fourth-order valence-electron chi connectivity index (χ4n) is 3.92. The predicted molar refractivity (Wildman–Crippen MR) is 86.9 cm³/mol. The maximum atomic E-state index is 5.40. The summed E-state index contributed by atoms with van der Waals surface area (Å²) in [5, 5.41) is 3.55. The van der Waals surface area contributed by atoms with Gasteiger partial charge in [0.05, 0.1) is 7.11 Å². The van der Waals surface area contributed by atoms with Crippen LogP contribution in [0.3, 0.4) is 0 Å². The van der Waals surface area contributed by atoms with Crippen LogP contribution in [0.2, 0.25) is 0 Å². The SMILES string of the molecule is CCN(CC1CCC1)C1Cc2ccc(OC)cc2C1NC. The molecule has 0 bridgehead atoms. The van der Waals surface area contributed by atoms with Crippen LogP contribution in [-0.2, 0) is 6.42 Å². The minimum absolute atomic E-state index is 0.426. The third-order valence-corrected chi connectivity index (χ3v) is 5.41. The summed E-state index contributed by atoms with van der Waals surface area (Å²) in [6.45, 7) is 4.71. The van der Waals surface area contributed by atoms with Crippen molar-refractivity contribution in [3.8, 4) is 5.75 Å². The van der Waals surface area contributed by atoms with Gasteiger partial charge in [0.2, 0.25) is 0 Å². The predicted octanol–water partition coefficient (Wildman–Crippen LogP) is 3.00. The highest BCUT2D eigenvalue weighted by Gasteiger charge is 2.36. The summed E-state index contributed by atoms with van der Waals surface area (Å²) in [6, 6.07) is 7.57. The summed E-state index contributed by atoms with van der Waals surface area (Å²) in [7, 11) is 3.83. The van der Waals surface area contributed by atoms with E-state index in [1.165, 1.54) is 36.9 Å². The van der Waals surface area contributed by atoms with Crippen molar-refractivity contribution in [3.63, 3.8) is 0 Å². The molecule has 0 aromatic heterocycles. The standard InChI is InChI=1S/C18H28N2O/c1-4-20(12-13-6-5-7-13)17-10-14-8-9-15(21-3)11-16(14)18(17)19-2/h8-9,11,13,17-19H,4-7,10,12H2,1-3H3. The quantitative estimate of drug-likeness (QED) is 0.871. The first-order valence-electron chi connectivity index (χ1n) is 8.35. The van der Waals surface area contributed by atoms with Crippen molar-refractivity contribution in [2.24, 2.45) is 5.92 Å². The largest absolute Gasteiger partial charge is 0.497 e. The van der Waals surface area contributed by atoms with Crippen LogP contribution < -0.4 is 10.1 Å². The first-order valence-corrected chi connectivity index (χ1v) is 8.35. The Morgan fingerprint density at radius 2 is 2.14 bits per heavy atom. The average molecular weight is 288 g/mol. The van der Waals surface area contributed by atoms with E-state index >= 15 is 0 Å². The molecule has 116 valence electrons. The van der Waals surface area contributed by atoms with Crippen LogP contribution >= 0.6 is 0 Å². The summed E-state index contributed by atoms with van der Waals surface area (Å²) in [5.41, 5.74) is 2.90. The molecule has 1 saturated carbocycles. The van der Waals surface area contributed by atoms with Crippen LogP contribution in [-0.4, -0.2) is 38.2 Å². The summed E-state index contributed by atoms with van der Waals surface area (Å²) in [5.74, 6) is 1.90. The molecule has 3 nitrogen and oxygen atoms in total. The Labute approximate surface area is 128 Å². The lowest BCUT2D eigenvalue weighted by Crippen LogP contribution is -2.45. The van der Waals surface area contributed by atoms with E-state index < -0.39 is 0 Å². The lowest BCUT2D eigenvalue weighted by Gasteiger charge is -2.37. The summed E-state index contributed by atoms with van der Waals surface area (Å²) in [4.78, 5) is 2.69. The van der Waals surface area contributed by atoms with E-state index in [0.717, 1.165) is 24.6 Å². The number of benzene rings is 1. The van der Waals surface area contributed by atoms with Crippen LogP contribution in [0.4, 0.5) is 0 Å². The molecule has 1 aromatic rings. The number of nitrogens with zero attached hydrogens (tertiary/aromatic N) is 1. The van der Waals surface area contributed by atoms with Gasteiger partial charge in [0, 0.05) is 18.6 Å². The summed E-state index contributed by atoms with van der Waals surface area (Å²) in [6.07, 6.45) is 5.44. The number of fused-ring (bicyclic) bond motifs is 1. The Morgan fingerprint density at radius 1 is 1.33 bits per heavy atom. The molecule has 0 spiro atoms. The average Bonchev–Trinajstić information content (AvgIpc) is 2.83. The van der Waals surface area contributed by atoms with E-state index in [1.54, 1.807) is 7.11 Å². The first kappa shape index (κ1) is 14.9. The molecule has 2 unspecified atom stereocenters. The summed E-state index contributed by atoms with van der Waals surface area (Å²) < 4.78 is 5.40. The van der Waals surface area contributed by atoms with Gasteiger partial charge in [-0.25, -0.2) is 0 Å². The Kier molecular flexibility index (Phi) is 4.51. The van der Waals surface area contributed by atoms with Crippen LogP contribution in [0.15, 0.2) is 18.2 Å². The highest BCUT2D eigenvalue weighted by molar-refractivity contribution is 5.42. The fraction of sp³-hybridized carbons (Fsp3) is 0.667. The van der Waals surface area contributed by atoms with Crippen molar-refractivity contribution in [3.05, 3.63) is 29.3 Å². The molecule has 0 saturated heterocycles. The van der Waals surface area contributed by atoms with Gasteiger partial charge in [-0.3, -0.25) is 4.90 Å². The monoisotopic (exact) mass is 288 g/mol. The number of ether oxygens (including phenoxy) is 1. The van der Waals surface area contributed by atoms with E-state index in [1.807, 2.05) is 0 Å². The first-order chi connectivity index (χ1) is 10.3. The molecule has 0 aliphatic heterocycles. The third-order valence-electron chi connectivity index (χ3n) is 5.41. The molecule has 2 aliphatic carbocycles. The third kappa shape index (κ3) is 2.82. The van der Waals surface area contributed by atoms with Gasteiger partial charge in [-0.1, -0.05) is 19.4 Å².